The van der Waals surface area contributed by atoms with Gasteiger partial charge in [-0.3, -0.25) is 28.1 Å². The first-order valence-corrected chi connectivity index (χ1v) is 11.5. The van der Waals surface area contributed by atoms with E-state index in [1.54, 1.807) is 24.3 Å². The third-order valence-electron chi connectivity index (χ3n) is 5.38. The highest BCUT2D eigenvalue weighted by atomic mass is 35.5. The van der Waals surface area contributed by atoms with Crippen LogP contribution in [0.2, 0.25) is 5.02 Å². The van der Waals surface area contributed by atoms with Crippen molar-refractivity contribution < 1.29 is 4.79 Å². The van der Waals surface area contributed by atoms with Crippen molar-refractivity contribution in [2.75, 3.05) is 11.5 Å². The maximum atomic E-state index is 13.4. The largest absolute Gasteiger partial charge is 0.384 e. The van der Waals surface area contributed by atoms with E-state index >= 15 is 0 Å². The van der Waals surface area contributed by atoms with Crippen LogP contribution in [0.4, 0.5) is 5.82 Å². The van der Waals surface area contributed by atoms with Crippen LogP contribution in [0.5, 0.6) is 0 Å². The van der Waals surface area contributed by atoms with Crippen molar-refractivity contribution in [2.24, 2.45) is 14.1 Å². The fourth-order valence-corrected chi connectivity index (χ4v) is 4.61. The van der Waals surface area contributed by atoms with Crippen LogP contribution in [0.1, 0.15) is 15.9 Å². The van der Waals surface area contributed by atoms with Gasteiger partial charge in [0, 0.05) is 19.1 Å². The van der Waals surface area contributed by atoms with E-state index in [4.69, 9.17) is 17.3 Å². The van der Waals surface area contributed by atoms with Gasteiger partial charge in [0.2, 0.25) is 0 Å². The lowest BCUT2D eigenvalue weighted by Crippen LogP contribution is -2.41. The van der Waals surface area contributed by atoms with Gasteiger partial charge in [0.05, 0.1) is 22.3 Å². The standard InChI is InChI=1S/C23H20ClN5O4S/c1-12-5-4-6-14(9-12)29-20(31)15-8-7-13(24)10-16(15)26-22(29)34-11-17(30)18-19(25)27(2)23(33)28(3)21(18)32/h4-10H,11,25H2,1-3H3. The van der Waals surface area contributed by atoms with Crippen molar-refractivity contribution in [1.29, 1.82) is 0 Å². The number of aryl methyl sites for hydroxylation is 1. The molecule has 0 fully saturated rings. The van der Waals surface area contributed by atoms with Crippen LogP contribution in [-0.4, -0.2) is 30.2 Å². The number of anilines is 1. The molecule has 174 valence electrons. The average molecular weight is 498 g/mol. The normalized spacial score (nSPS) is 11.2. The topological polar surface area (TPSA) is 122 Å². The molecule has 0 atom stereocenters. The number of nitrogen functional groups attached to an aromatic ring is 1. The summed E-state index contributed by atoms with van der Waals surface area (Å²) < 4.78 is 3.29. The zero-order valence-corrected chi connectivity index (χ0v) is 20.1. The lowest BCUT2D eigenvalue weighted by Gasteiger charge is -2.14. The molecule has 2 aromatic heterocycles. The van der Waals surface area contributed by atoms with Gasteiger partial charge in [-0.1, -0.05) is 35.5 Å². The Bertz CT molecular complexity index is 1650. The van der Waals surface area contributed by atoms with Crippen LogP contribution in [0.15, 0.2) is 62.0 Å². The summed E-state index contributed by atoms with van der Waals surface area (Å²) in [5.74, 6) is -1.04. The van der Waals surface area contributed by atoms with Crippen molar-refractivity contribution in [2.45, 2.75) is 12.1 Å². The van der Waals surface area contributed by atoms with E-state index in [9.17, 15) is 19.2 Å². The number of rotatable bonds is 5. The Hall–Kier alpha value is -3.63. The van der Waals surface area contributed by atoms with Crippen LogP contribution in [-0.2, 0) is 14.1 Å². The molecule has 9 nitrogen and oxygen atoms in total. The first-order valence-electron chi connectivity index (χ1n) is 10.1. The number of carbonyl (C=O) groups excluding carboxylic acids is 1. The monoisotopic (exact) mass is 497 g/mol. The summed E-state index contributed by atoms with van der Waals surface area (Å²) in [6.07, 6.45) is 0. The van der Waals surface area contributed by atoms with Crippen molar-refractivity contribution in [3.8, 4) is 5.69 Å². The van der Waals surface area contributed by atoms with Gasteiger partial charge >= 0.3 is 5.69 Å². The molecule has 11 heteroatoms. The highest BCUT2D eigenvalue weighted by molar-refractivity contribution is 7.99. The molecule has 4 aromatic rings. The number of fused-ring (bicyclic) bond motifs is 1. The van der Waals surface area contributed by atoms with Gasteiger partial charge in [-0.25, -0.2) is 9.78 Å². The minimum atomic E-state index is -0.777. The van der Waals surface area contributed by atoms with Gasteiger partial charge in [0.1, 0.15) is 11.4 Å². The van der Waals surface area contributed by atoms with Crippen LogP contribution < -0.4 is 22.5 Å². The number of nitrogens with two attached hydrogens (primary N) is 1. The van der Waals surface area contributed by atoms with E-state index < -0.39 is 17.0 Å². The molecule has 0 bridgehead atoms. The molecule has 0 radical (unpaired) electrons. The molecule has 0 saturated carbocycles. The summed E-state index contributed by atoms with van der Waals surface area (Å²) in [6, 6.07) is 12.1. The number of hydrogen-bond donors (Lipinski definition) is 1. The zero-order chi connectivity index (χ0) is 24.7. The summed E-state index contributed by atoms with van der Waals surface area (Å²) in [6.45, 7) is 1.90. The molecule has 0 spiro atoms. The van der Waals surface area contributed by atoms with Crippen molar-refractivity contribution >= 4 is 45.9 Å². The molecule has 0 aliphatic rings. The molecule has 0 saturated heterocycles. The first kappa shape index (κ1) is 23.5. The fourth-order valence-electron chi connectivity index (χ4n) is 3.55. The number of aromatic nitrogens is 4. The molecular weight excluding hydrogens is 478 g/mol. The first-order chi connectivity index (χ1) is 16.1. The van der Waals surface area contributed by atoms with Gasteiger partial charge in [0.15, 0.2) is 10.9 Å². The van der Waals surface area contributed by atoms with E-state index in [1.807, 2.05) is 25.1 Å². The molecular formula is C23H20ClN5O4S. The van der Waals surface area contributed by atoms with Gasteiger partial charge in [-0.05, 0) is 42.8 Å². The number of halogens is 1. The summed E-state index contributed by atoms with van der Waals surface area (Å²) >= 11 is 7.08. The smallest absolute Gasteiger partial charge is 0.332 e. The Morgan fingerprint density at radius 2 is 1.79 bits per heavy atom. The Morgan fingerprint density at radius 1 is 1.06 bits per heavy atom. The van der Waals surface area contributed by atoms with Crippen molar-refractivity contribution in [3.05, 3.63) is 89.8 Å². The van der Waals surface area contributed by atoms with E-state index in [-0.39, 0.29) is 27.8 Å². The number of benzene rings is 2. The van der Waals surface area contributed by atoms with Crippen LogP contribution in [0.3, 0.4) is 0 Å². The SMILES string of the molecule is Cc1cccc(-n2c(SCC(=O)c3c(N)n(C)c(=O)n(C)c3=O)nc3cc(Cl)ccc3c2=O)c1. The van der Waals surface area contributed by atoms with E-state index in [1.165, 1.54) is 18.7 Å². The Balaban J connectivity index is 1.83. The second kappa shape index (κ2) is 8.96. The second-order valence-corrected chi connectivity index (χ2v) is 9.09. The summed E-state index contributed by atoms with van der Waals surface area (Å²) in [4.78, 5) is 55.6. The van der Waals surface area contributed by atoms with E-state index in [0.717, 1.165) is 26.5 Å². The quantitative estimate of drug-likeness (QED) is 0.255. The lowest BCUT2D eigenvalue weighted by molar-refractivity contribution is 0.102. The van der Waals surface area contributed by atoms with Gasteiger partial charge < -0.3 is 5.73 Å². The van der Waals surface area contributed by atoms with Crippen LogP contribution in [0, 0.1) is 6.92 Å². The average Bonchev–Trinajstić information content (AvgIpc) is 2.80. The Labute approximate surface area is 202 Å². The number of Topliss-reactive ketones (excluding diaryl/α,β-unsaturated/α-hetero) is 1. The minimum Gasteiger partial charge on any atom is -0.384 e. The zero-order valence-electron chi connectivity index (χ0n) is 18.5. The maximum Gasteiger partial charge on any atom is 0.332 e. The molecule has 2 aromatic carbocycles. The number of thioether (sulfide) groups is 1. The third-order valence-corrected chi connectivity index (χ3v) is 6.56. The molecule has 2 N–H and O–H groups in total. The van der Waals surface area contributed by atoms with Crippen molar-refractivity contribution in [1.82, 2.24) is 18.7 Å². The van der Waals surface area contributed by atoms with Gasteiger partial charge in [-0.2, -0.15) is 0 Å². The molecule has 2 heterocycles. The molecule has 0 aliphatic heterocycles. The molecule has 0 amide bonds. The minimum absolute atomic E-state index is 0.215. The lowest BCUT2D eigenvalue weighted by atomic mass is 10.2. The van der Waals surface area contributed by atoms with Crippen LogP contribution in [0.25, 0.3) is 16.6 Å². The molecule has 0 unspecified atom stereocenters. The Kier molecular flexibility index (Phi) is 6.20. The summed E-state index contributed by atoms with van der Waals surface area (Å²) in [5, 5.41) is 1.04. The number of carbonyl (C=O) groups is 1. The Morgan fingerprint density at radius 3 is 2.50 bits per heavy atom. The van der Waals surface area contributed by atoms with Crippen LogP contribution >= 0.6 is 23.4 Å². The van der Waals surface area contributed by atoms with Crippen molar-refractivity contribution in [3.63, 3.8) is 0 Å². The molecule has 34 heavy (non-hydrogen) atoms. The highest BCUT2D eigenvalue weighted by Gasteiger charge is 2.22. The predicted octanol–water partition coefficient (Wildman–Crippen LogP) is 2.30. The molecule has 4 rings (SSSR count). The fraction of sp³-hybridized carbons (Fsp3) is 0.174. The summed E-state index contributed by atoms with van der Waals surface area (Å²) in [7, 11) is 2.66. The van der Waals surface area contributed by atoms with Gasteiger partial charge in [-0.15, -0.1) is 0 Å². The number of ketones is 1. The van der Waals surface area contributed by atoms with E-state index in [0.29, 0.717) is 21.6 Å². The van der Waals surface area contributed by atoms with Gasteiger partial charge in [0.25, 0.3) is 11.1 Å². The second-order valence-electron chi connectivity index (χ2n) is 7.71. The predicted molar refractivity (Wildman–Crippen MR) is 133 cm³/mol. The van der Waals surface area contributed by atoms with E-state index in [2.05, 4.69) is 4.98 Å². The molecule has 0 aliphatic carbocycles. The summed E-state index contributed by atoms with van der Waals surface area (Å²) in [5.41, 5.74) is 5.80. The maximum absolute atomic E-state index is 13.4. The number of nitrogens with zero attached hydrogens (tertiary/aromatic N) is 4. The highest BCUT2D eigenvalue weighted by Crippen LogP contribution is 2.24. The number of hydrogen-bond acceptors (Lipinski definition) is 7. The third kappa shape index (κ3) is 4.06.